The van der Waals surface area contributed by atoms with Gasteiger partial charge in [-0.25, -0.2) is 0 Å². The van der Waals surface area contributed by atoms with Gasteiger partial charge in [0.25, 0.3) is 5.79 Å². The van der Waals surface area contributed by atoms with Crippen LogP contribution < -0.4 is 4.74 Å². The molecule has 0 N–H and O–H groups in total. The molecule has 1 aromatic rings. The van der Waals surface area contributed by atoms with Gasteiger partial charge in [0.15, 0.2) is 12.2 Å². The van der Waals surface area contributed by atoms with E-state index in [0.29, 0.717) is 12.2 Å². The smallest absolute Gasteiger partial charge is 0.303 e. The molecule has 5 atom stereocenters. The van der Waals surface area contributed by atoms with Crippen molar-refractivity contribution in [3.63, 3.8) is 0 Å². The lowest BCUT2D eigenvalue weighted by Gasteiger charge is -2.52. The Balaban J connectivity index is 2.07. The van der Waals surface area contributed by atoms with Crippen LogP contribution in [0.1, 0.15) is 39.7 Å². The molecule has 1 spiro atoms. The van der Waals surface area contributed by atoms with Crippen molar-refractivity contribution in [2.45, 2.75) is 70.7 Å². The zero-order valence-electron chi connectivity index (χ0n) is 18.3. The van der Waals surface area contributed by atoms with Crippen molar-refractivity contribution in [2.24, 2.45) is 0 Å². The monoisotopic (exact) mass is 450 g/mol. The van der Waals surface area contributed by atoms with Crippen molar-refractivity contribution in [3.8, 4) is 5.75 Å². The summed E-state index contributed by atoms with van der Waals surface area (Å²) in [7, 11) is 0. The van der Waals surface area contributed by atoms with Gasteiger partial charge in [-0.1, -0.05) is 18.2 Å². The summed E-state index contributed by atoms with van der Waals surface area (Å²) >= 11 is 0. The molecule has 0 bridgehead atoms. The van der Waals surface area contributed by atoms with Gasteiger partial charge in [-0.2, -0.15) is 0 Å². The number of hydrogen-bond acceptors (Lipinski definition) is 10. The van der Waals surface area contributed by atoms with Gasteiger partial charge in [0, 0.05) is 34.1 Å². The number of rotatable bonds is 5. The number of para-hydroxylation sites is 1. The van der Waals surface area contributed by atoms with E-state index in [1.165, 1.54) is 27.7 Å². The van der Waals surface area contributed by atoms with Crippen LogP contribution in [0.2, 0.25) is 0 Å². The molecule has 2 aliphatic heterocycles. The molecular weight excluding hydrogens is 424 g/mol. The quantitative estimate of drug-likeness (QED) is 0.481. The van der Waals surface area contributed by atoms with Crippen molar-refractivity contribution in [1.29, 1.82) is 0 Å². The van der Waals surface area contributed by atoms with Crippen LogP contribution in [0.15, 0.2) is 24.3 Å². The van der Waals surface area contributed by atoms with Crippen LogP contribution in [0.3, 0.4) is 0 Å². The third-order valence-electron chi connectivity index (χ3n) is 5.12. The number of carbonyl (C=O) groups excluding carboxylic acids is 4. The highest BCUT2D eigenvalue weighted by Gasteiger charge is 2.62. The molecule has 0 aliphatic carbocycles. The molecule has 2 heterocycles. The molecule has 2 aliphatic rings. The van der Waals surface area contributed by atoms with Gasteiger partial charge in [0.2, 0.25) is 6.10 Å². The lowest BCUT2D eigenvalue weighted by molar-refractivity contribution is -0.345. The van der Waals surface area contributed by atoms with Crippen LogP contribution in [0.4, 0.5) is 0 Å². The van der Waals surface area contributed by atoms with Gasteiger partial charge >= 0.3 is 23.9 Å². The summed E-state index contributed by atoms with van der Waals surface area (Å²) in [5.74, 6) is -3.68. The molecule has 0 saturated carbocycles. The molecule has 0 aromatic heterocycles. The number of carbonyl (C=O) groups is 4. The Morgan fingerprint density at radius 1 is 0.906 bits per heavy atom. The van der Waals surface area contributed by atoms with E-state index < -0.39 is 54.1 Å². The summed E-state index contributed by atoms with van der Waals surface area (Å²) < 4.78 is 33.9. The van der Waals surface area contributed by atoms with Crippen LogP contribution in [-0.4, -0.2) is 60.7 Å². The van der Waals surface area contributed by atoms with Crippen LogP contribution in [-0.2, 0) is 49.3 Å². The third kappa shape index (κ3) is 5.18. The van der Waals surface area contributed by atoms with E-state index in [-0.39, 0.29) is 13.0 Å². The lowest BCUT2D eigenvalue weighted by Crippen LogP contribution is -2.70. The molecule has 10 nitrogen and oxygen atoms in total. The predicted molar refractivity (Wildman–Crippen MR) is 106 cm³/mol. The number of fused-ring (bicyclic) bond motifs is 1. The summed E-state index contributed by atoms with van der Waals surface area (Å²) in [4.78, 5) is 47.2. The molecule has 1 aromatic carbocycles. The van der Waals surface area contributed by atoms with Gasteiger partial charge < -0.3 is 28.4 Å². The lowest BCUT2D eigenvalue weighted by atomic mass is 9.86. The van der Waals surface area contributed by atoms with Crippen LogP contribution in [0.5, 0.6) is 5.75 Å². The van der Waals surface area contributed by atoms with E-state index in [2.05, 4.69) is 0 Å². The van der Waals surface area contributed by atoms with Crippen molar-refractivity contribution in [1.82, 2.24) is 0 Å². The van der Waals surface area contributed by atoms with Gasteiger partial charge in [-0.3, -0.25) is 19.2 Å². The molecule has 5 unspecified atom stereocenters. The number of esters is 4. The molecule has 3 rings (SSSR count). The fraction of sp³-hybridized carbons (Fsp3) is 0.545. The Hall–Kier alpha value is -3.14. The minimum absolute atomic E-state index is 0.239. The zero-order chi connectivity index (χ0) is 23.5. The Labute approximate surface area is 185 Å². The summed E-state index contributed by atoms with van der Waals surface area (Å²) in [6.45, 7) is 4.46. The molecule has 1 fully saturated rings. The van der Waals surface area contributed by atoms with Gasteiger partial charge in [0.1, 0.15) is 18.5 Å². The molecule has 174 valence electrons. The van der Waals surface area contributed by atoms with Crippen molar-refractivity contribution >= 4 is 23.9 Å². The molecule has 0 amide bonds. The van der Waals surface area contributed by atoms with E-state index in [1.54, 1.807) is 12.1 Å². The van der Waals surface area contributed by atoms with Gasteiger partial charge in [-0.15, -0.1) is 0 Å². The maximum absolute atomic E-state index is 12.0. The van der Waals surface area contributed by atoms with E-state index in [1.807, 2.05) is 12.1 Å². The van der Waals surface area contributed by atoms with Crippen molar-refractivity contribution < 1.29 is 47.6 Å². The second-order valence-electron chi connectivity index (χ2n) is 7.66. The molecule has 32 heavy (non-hydrogen) atoms. The zero-order valence-corrected chi connectivity index (χ0v) is 18.3. The molecular formula is C22H26O10. The Morgan fingerprint density at radius 2 is 1.53 bits per heavy atom. The maximum Gasteiger partial charge on any atom is 0.303 e. The largest absolute Gasteiger partial charge is 0.463 e. The molecule has 0 radical (unpaired) electrons. The topological polar surface area (TPSA) is 124 Å². The normalized spacial score (nSPS) is 28.6. The van der Waals surface area contributed by atoms with Crippen LogP contribution in [0.25, 0.3) is 0 Å². The summed E-state index contributed by atoms with van der Waals surface area (Å²) in [5.41, 5.74) is 0.922. The number of ether oxygens (including phenoxy) is 6. The van der Waals surface area contributed by atoms with Crippen molar-refractivity contribution in [3.05, 3.63) is 29.8 Å². The summed E-state index contributed by atoms with van der Waals surface area (Å²) in [6.07, 6.45) is -4.03. The fourth-order valence-electron chi connectivity index (χ4n) is 3.98. The predicted octanol–water partition coefficient (Wildman–Crippen LogP) is 1.46. The first-order chi connectivity index (χ1) is 15.1. The SMILES string of the molecule is CC(=O)OCC1OC2(CCc3ccccc3O2)C(OC(C)=O)C(OC(C)=O)C1OC(C)=O. The van der Waals surface area contributed by atoms with E-state index >= 15 is 0 Å². The summed E-state index contributed by atoms with van der Waals surface area (Å²) in [5, 5.41) is 0. The average Bonchev–Trinajstić information content (AvgIpc) is 2.70. The van der Waals surface area contributed by atoms with Gasteiger partial charge in [-0.05, 0) is 18.1 Å². The second-order valence-corrected chi connectivity index (χ2v) is 7.66. The first-order valence-corrected chi connectivity index (χ1v) is 10.2. The first-order valence-electron chi connectivity index (χ1n) is 10.2. The van der Waals surface area contributed by atoms with E-state index in [4.69, 9.17) is 28.4 Å². The average molecular weight is 450 g/mol. The highest BCUT2D eigenvalue weighted by Crippen LogP contribution is 2.44. The number of benzene rings is 1. The van der Waals surface area contributed by atoms with Crippen LogP contribution in [0, 0.1) is 0 Å². The highest BCUT2D eigenvalue weighted by atomic mass is 16.8. The number of aryl methyl sites for hydroxylation is 1. The van der Waals surface area contributed by atoms with Crippen LogP contribution >= 0.6 is 0 Å². The highest BCUT2D eigenvalue weighted by molar-refractivity contribution is 5.69. The van der Waals surface area contributed by atoms with E-state index in [9.17, 15) is 19.2 Å². The molecule has 1 saturated heterocycles. The Kier molecular flexibility index (Phi) is 7.02. The summed E-state index contributed by atoms with van der Waals surface area (Å²) in [6, 6.07) is 7.29. The fourth-order valence-corrected chi connectivity index (χ4v) is 3.98. The Bertz CT molecular complexity index is 896. The minimum Gasteiger partial charge on any atom is -0.463 e. The third-order valence-corrected chi connectivity index (χ3v) is 5.12. The Morgan fingerprint density at radius 3 is 2.16 bits per heavy atom. The number of hydrogen-bond donors (Lipinski definition) is 0. The van der Waals surface area contributed by atoms with Gasteiger partial charge in [0.05, 0.1) is 0 Å². The minimum atomic E-state index is -1.57. The van der Waals surface area contributed by atoms with E-state index in [0.717, 1.165) is 5.56 Å². The maximum atomic E-state index is 12.0. The van der Waals surface area contributed by atoms with Crippen molar-refractivity contribution in [2.75, 3.05) is 6.61 Å². The first kappa shape index (κ1) is 23.5. The molecule has 10 heteroatoms. The second kappa shape index (κ2) is 9.56. The standard InChI is InChI=1S/C22H26O10/c1-12(23)27-11-18-19(28-13(2)24)20(29-14(3)25)21(30-15(4)26)22(32-18)10-9-16-7-5-6-8-17(16)31-22/h5-8,18-21H,9-11H2,1-4H3.